The van der Waals surface area contributed by atoms with Gasteiger partial charge in [-0.25, -0.2) is 4.98 Å². The van der Waals surface area contributed by atoms with E-state index >= 15 is 0 Å². The van der Waals surface area contributed by atoms with Crippen molar-refractivity contribution in [2.45, 2.75) is 117 Å². The van der Waals surface area contributed by atoms with E-state index in [0.29, 0.717) is 6.67 Å². The van der Waals surface area contributed by atoms with Crippen LogP contribution in [-0.4, -0.2) is 16.2 Å². The number of ether oxygens (including phenoxy) is 1. The van der Waals surface area contributed by atoms with Crippen LogP contribution in [-0.2, 0) is 27.1 Å². The molecule has 5 nitrogen and oxygen atoms in total. The molecule has 0 amide bonds. The van der Waals surface area contributed by atoms with Crippen LogP contribution in [0.2, 0.25) is 0 Å². The third-order valence-electron chi connectivity index (χ3n) is 15.2. The number of aromatic nitrogens is 2. The van der Waals surface area contributed by atoms with Crippen molar-refractivity contribution in [3.8, 4) is 17.3 Å². The highest BCUT2D eigenvalue weighted by atomic mass is 16.5. The van der Waals surface area contributed by atoms with Crippen molar-refractivity contribution in [1.82, 2.24) is 9.55 Å². The molecule has 0 bridgehead atoms. The van der Waals surface area contributed by atoms with Gasteiger partial charge in [-0.1, -0.05) is 175 Å². The van der Waals surface area contributed by atoms with E-state index in [1.165, 1.54) is 61.4 Å². The number of rotatable bonds is 9. The summed E-state index contributed by atoms with van der Waals surface area (Å²) in [5.41, 5.74) is 15.0. The Hall–Kier alpha value is -7.11. The minimum absolute atomic E-state index is 0.00977. The summed E-state index contributed by atoms with van der Waals surface area (Å²) in [6.45, 7) is 30.4. The molecule has 0 spiro atoms. The van der Waals surface area contributed by atoms with Crippen molar-refractivity contribution in [1.29, 1.82) is 0 Å². The lowest BCUT2D eigenvalue weighted by atomic mass is 9.78. The molecule has 7 aromatic carbocycles. The molecule has 0 aliphatic carbocycles. The Bertz CT molecular complexity index is 3410. The molecule has 1 aliphatic rings. The molecular formula is C66H70N4O. The van der Waals surface area contributed by atoms with Gasteiger partial charge in [0.15, 0.2) is 0 Å². The lowest BCUT2D eigenvalue weighted by Crippen LogP contribution is -2.25. The van der Waals surface area contributed by atoms with Gasteiger partial charge in [0, 0.05) is 51.3 Å². The molecule has 5 heteroatoms. The number of anilines is 4. The molecule has 0 saturated heterocycles. The Morgan fingerprint density at radius 3 is 1.59 bits per heavy atom. The van der Waals surface area contributed by atoms with Crippen LogP contribution in [0.15, 0.2) is 176 Å². The van der Waals surface area contributed by atoms with Gasteiger partial charge in [0.05, 0.1) is 22.4 Å². The molecule has 3 heterocycles. The predicted octanol–water partition coefficient (Wildman–Crippen LogP) is 17.8. The van der Waals surface area contributed by atoms with Crippen LogP contribution in [0.1, 0.15) is 129 Å². The molecule has 0 unspecified atom stereocenters. The smallest absolute Gasteiger partial charge is 0.137 e. The summed E-state index contributed by atoms with van der Waals surface area (Å²) in [5.74, 6) is 2.42. The highest BCUT2D eigenvalue weighted by Gasteiger charge is 2.33. The standard InChI is InChI=1S/C66H70N4O/c1-62(2,3)44-24-28-51(29-25-44)68-43-69(58-33-27-48(39-60(58)68)64(7,8)9)52-36-50(66(12,13)46-22-18-15-19-23-46)37-54(41-52)71-53-30-31-55-56-38-47(63(4,5)6)26-32-57(56)70(59(55)42-53)61-40-49(34-35-67-61)65(10,11)45-20-16-14-17-21-45/h14-42H,43H2,1-13H3. The summed E-state index contributed by atoms with van der Waals surface area (Å²) < 4.78 is 9.52. The van der Waals surface area contributed by atoms with Crippen LogP contribution >= 0.6 is 0 Å². The minimum atomic E-state index is -0.331. The summed E-state index contributed by atoms with van der Waals surface area (Å²) in [6, 6.07) is 62.5. The van der Waals surface area contributed by atoms with Crippen molar-refractivity contribution < 1.29 is 4.74 Å². The summed E-state index contributed by atoms with van der Waals surface area (Å²) in [7, 11) is 0. The van der Waals surface area contributed by atoms with Crippen LogP contribution in [0.3, 0.4) is 0 Å². The van der Waals surface area contributed by atoms with Crippen molar-refractivity contribution >= 4 is 44.6 Å². The minimum Gasteiger partial charge on any atom is -0.457 e. The maximum atomic E-state index is 7.19. The Labute approximate surface area is 422 Å². The van der Waals surface area contributed by atoms with Gasteiger partial charge in [-0.05, 0) is 128 Å². The zero-order valence-electron chi connectivity index (χ0n) is 44.1. The normalized spacial score (nSPS) is 13.6. The number of fused-ring (bicyclic) bond motifs is 4. The third-order valence-corrected chi connectivity index (χ3v) is 15.2. The number of benzene rings is 7. The predicted molar refractivity (Wildman–Crippen MR) is 300 cm³/mol. The fraction of sp³-hybridized carbons (Fsp3) is 0.288. The van der Waals surface area contributed by atoms with Crippen LogP contribution in [0.25, 0.3) is 27.6 Å². The fourth-order valence-corrected chi connectivity index (χ4v) is 10.4. The average molecular weight is 935 g/mol. The lowest BCUT2D eigenvalue weighted by molar-refractivity contribution is 0.480. The van der Waals surface area contributed by atoms with Gasteiger partial charge in [0.1, 0.15) is 24.0 Å². The monoisotopic (exact) mass is 935 g/mol. The largest absolute Gasteiger partial charge is 0.457 e. The third kappa shape index (κ3) is 8.90. The second-order valence-corrected chi connectivity index (χ2v) is 23.9. The van der Waals surface area contributed by atoms with E-state index in [9.17, 15) is 0 Å². The molecule has 0 radical (unpaired) electrons. The topological polar surface area (TPSA) is 33.5 Å². The molecule has 0 N–H and O–H groups in total. The summed E-state index contributed by atoms with van der Waals surface area (Å²) in [4.78, 5) is 10.0. The van der Waals surface area contributed by atoms with E-state index in [2.05, 4.69) is 274 Å². The second kappa shape index (κ2) is 17.3. The number of nitrogens with zero attached hydrogens (tertiary/aromatic N) is 4. The van der Waals surface area contributed by atoms with Gasteiger partial charge >= 0.3 is 0 Å². The Balaban J connectivity index is 1.12. The molecule has 1 aliphatic heterocycles. The van der Waals surface area contributed by atoms with E-state index < -0.39 is 0 Å². The maximum Gasteiger partial charge on any atom is 0.137 e. The first kappa shape index (κ1) is 47.6. The molecule has 360 valence electrons. The van der Waals surface area contributed by atoms with Crippen LogP contribution < -0.4 is 14.5 Å². The van der Waals surface area contributed by atoms with Crippen molar-refractivity contribution in [3.63, 3.8) is 0 Å². The van der Waals surface area contributed by atoms with E-state index in [-0.39, 0.29) is 27.1 Å². The molecular weight excluding hydrogens is 865 g/mol. The highest BCUT2D eigenvalue weighted by molar-refractivity contribution is 6.10. The number of pyridine rings is 1. The highest BCUT2D eigenvalue weighted by Crippen LogP contribution is 2.49. The van der Waals surface area contributed by atoms with Crippen LogP contribution in [0, 0.1) is 0 Å². The van der Waals surface area contributed by atoms with Gasteiger partial charge in [0.2, 0.25) is 0 Å². The molecule has 0 fully saturated rings. The lowest BCUT2D eigenvalue weighted by Gasteiger charge is -2.29. The van der Waals surface area contributed by atoms with Crippen molar-refractivity contribution in [2.24, 2.45) is 0 Å². The Morgan fingerprint density at radius 2 is 0.958 bits per heavy atom. The molecule has 2 aromatic heterocycles. The summed E-state index contributed by atoms with van der Waals surface area (Å²) in [5, 5.41) is 2.36. The van der Waals surface area contributed by atoms with Crippen LogP contribution in [0.4, 0.5) is 22.7 Å². The molecule has 0 saturated carbocycles. The molecule has 9 aromatic rings. The Morgan fingerprint density at radius 1 is 0.380 bits per heavy atom. The number of hydrogen-bond donors (Lipinski definition) is 0. The van der Waals surface area contributed by atoms with Gasteiger partial charge in [0.25, 0.3) is 0 Å². The first-order valence-electron chi connectivity index (χ1n) is 25.4. The maximum absolute atomic E-state index is 7.19. The summed E-state index contributed by atoms with van der Waals surface area (Å²) in [6.07, 6.45) is 1.96. The van der Waals surface area contributed by atoms with E-state index in [1.54, 1.807) is 0 Å². The van der Waals surface area contributed by atoms with Crippen LogP contribution in [0.5, 0.6) is 11.5 Å². The first-order chi connectivity index (χ1) is 33.6. The molecule has 10 rings (SSSR count). The fourth-order valence-electron chi connectivity index (χ4n) is 10.4. The number of hydrogen-bond acceptors (Lipinski definition) is 4. The first-order valence-corrected chi connectivity index (χ1v) is 25.4. The van der Waals surface area contributed by atoms with E-state index in [4.69, 9.17) is 9.72 Å². The Kier molecular flexibility index (Phi) is 11.6. The van der Waals surface area contributed by atoms with Gasteiger partial charge in [-0.3, -0.25) is 4.57 Å². The quantitative estimate of drug-likeness (QED) is 0.144. The van der Waals surface area contributed by atoms with E-state index in [0.717, 1.165) is 39.4 Å². The second-order valence-electron chi connectivity index (χ2n) is 23.9. The van der Waals surface area contributed by atoms with E-state index in [1.807, 2.05) is 6.20 Å². The molecule has 71 heavy (non-hydrogen) atoms. The van der Waals surface area contributed by atoms with Gasteiger partial charge in [-0.2, -0.15) is 0 Å². The summed E-state index contributed by atoms with van der Waals surface area (Å²) >= 11 is 0. The van der Waals surface area contributed by atoms with Gasteiger partial charge in [-0.15, -0.1) is 0 Å². The SMILES string of the molecule is CC(C)(C)c1ccc(N2CN(c3cc(Oc4ccc5c6cc(C(C)(C)C)ccc6n(-c6cc(C(C)(C)c7ccccc7)ccn6)c5c4)cc(C(C)(C)c4ccccc4)c3)c3ccc(C(C)(C)C)cc32)cc1. The van der Waals surface area contributed by atoms with Crippen molar-refractivity contribution in [2.75, 3.05) is 16.5 Å². The zero-order valence-corrected chi connectivity index (χ0v) is 44.1. The van der Waals surface area contributed by atoms with Gasteiger partial charge < -0.3 is 14.5 Å². The average Bonchev–Trinajstić information content (AvgIpc) is 3.89. The zero-order chi connectivity index (χ0) is 50.3. The molecule has 0 atom stereocenters. The van der Waals surface area contributed by atoms with Crippen molar-refractivity contribution in [3.05, 3.63) is 215 Å².